The third-order valence-electron chi connectivity index (χ3n) is 1.69. The zero-order chi connectivity index (χ0) is 10.7. The van der Waals surface area contributed by atoms with Crippen LogP contribution in [0, 0.1) is 5.41 Å². The molecule has 13 heavy (non-hydrogen) atoms. The van der Waals surface area contributed by atoms with Crippen LogP contribution in [-0.2, 0) is 4.74 Å². The molecule has 0 fully saturated rings. The minimum Gasteiger partial charge on any atom is -0.382 e. The van der Waals surface area contributed by atoms with Gasteiger partial charge in [0.15, 0.2) is 0 Å². The van der Waals surface area contributed by atoms with E-state index in [1.807, 2.05) is 13.8 Å². The average Bonchev–Trinajstić information content (AvgIpc) is 2.02. The second kappa shape index (κ2) is 10.0. The Morgan fingerprint density at radius 1 is 0.923 bits per heavy atom. The molecule has 0 amide bonds. The molecule has 0 aliphatic heterocycles. The van der Waals surface area contributed by atoms with Crippen molar-refractivity contribution in [3.05, 3.63) is 0 Å². The SMILES string of the molecule is CCCCC(C)(C)C.CCOCC. The van der Waals surface area contributed by atoms with Gasteiger partial charge in [-0.1, -0.05) is 40.5 Å². The Hall–Kier alpha value is -0.0400. The lowest BCUT2D eigenvalue weighted by Gasteiger charge is -2.16. The maximum Gasteiger partial charge on any atom is 0.0437 e. The zero-order valence-corrected chi connectivity index (χ0v) is 10.4. The van der Waals surface area contributed by atoms with E-state index in [2.05, 4.69) is 27.7 Å². The molecule has 0 aromatic rings. The van der Waals surface area contributed by atoms with Crippen LogP contribution in [0.5, 0.6) is 0 Å². The summed E-state index contributed by atoms with van der Waals surface area (Å²) in [5.41, 5.74) is 0.552. The summed E-state index contributed by atoms with van der Waals surface area (Å²) in [5, 5.41) is 0. The highest BCUT2D eigenvalue weighted by Crippen LogP contribution is 2.20. The van der Waals surface area contributed by atoms with Gasteiger partial charge in [-0.2, -0.15) is 0 Å². The Morgan fingerprint density at radius 3 is 1.46 bits per heavy atom. The quantitative estimate of drug-likeness (QED) is 0.640. The predicted octanol–water partition coefficient (Wildman–Crippen LogP) is 4.27. The van der Waals surface area contributed by atoms with Gasteiger partial charge in [-0.15, -0.1) is 0 Å². The van der Waals surface area contributed by atoms with E-state index in [9.17, 15) is 0 Å². The van der Waals surface area contributed by atoms with Crippen molar-refractivity contribution in [3.8, 4) is 0 Å². The third-order valence-corrected chi connectivity index (χ3v) is 1.69. The number of ether oxygens (including phenoxy) is 1. The Kier molecular flexibility index (Phi) is 11.9. The molecule has 0 aromatic carbocycles. The molecular weight excluding hydrogens is 160 g/mol. The number of rotatable bonds is 4. The molecule has 0 aliphatic rings. The van der Waals surface area contributed by atoms with Crippen molar-refractivity contribution in [2.45, 2.75) is 60.8 Å². The Balaban J connectivity index is 0. The van der Waals surface area contributed by atoms with Gasteiger partial charge in [-0.05, 0) is 25.7 Å². The van der Waals surface area contributed by atoms with Crippen LogP contribution >= 0.6 is 0 Å². The fourth-order valence-corrected chi connectivity index (χ4v) is 0.911. The molecule has 82 valence electrons. The van der Waals surface area contributed by atoms with Gasteiger partial charge in [0.1, 0.15) is 0 Å². The zero-order valence-electron chi connectivity index (χ0n) is 10.4. The van der Waals surface area contributed by atoms with Crippen molar-refractivity contribution in [2.75, 3.05) is 13.2 Å². The maximum absolute atomic E-state index is 4.83. The molecular formula is C12H28O. The third kappa shape index (κ3) is 24.5. The largest absolute Gasteiger partial charge is 0.382 e. The predicted molar refractivity (Wildman–Crippen MR) is 61.1 cm³/mol. The van der Waals surface area contributed by atoms with Gasteiger partial charge in [-0.25, -0.2) is 0 Å². The summed E-state index contributed by atoms with van der Waals surface area (Å²) in [6, 6.07) is 0. The first-order valence-corrected chi connectivity index (χ1v) is 5.55. The monoisotopic (exact) mass is 188 g/mol. The van der Waals surface area contributed by atoms with E-state index in [-0.39, 0.29) is 0 Å². The van der Waals surface area contributed by atoms with Crippen LogP contribution < -0.4 is 0 Å². The average molecular weight is 188 g/mol. The van der Waals surface area contributed by atoms with Gasteiger partial charge >= 0.3 is 0 Å². The fraction of sp³-hybridized carbons (Fsp3) is 1.00. The Morgan fingerprint density at radius 2 is 1.38 bits per heavy atom. The lowest BCUT2D eigenvalue weighted by atomic mass is 9.90. The summed E-state index contributed by atoms with van der Waals surface area (Å²) in [6.07, 6.45) is 4.07. The van der Waals surface area contributed by atoms with Gasteiger partial charge in [0, 0.05) is 13.2 Å². The van der Waals surface area contributed by atoms with Crippen molar-refractivity contribution in [2.24, 2.45) is 5.41 Å². The van der Waals surface area contributed by atoms with E-state index >= 15 is 0 Å². The van der Waals surface area contributed by atoms with E-state index in [0.717, 1.165) is 13.2 Å². The number of unbranched alkanes of at least 4 members (excludes halogenated alkanes) is 1. The van der Waals surface area contributed by atoms with Crippen LogP contribution in [0.15, 0.2) is 0 Å². The normalized spacial score (nSPS) is 10.6. The molecule has 0 unspecified atom stereocenters. The van der Waals surface area contributed by atoms with Crippen molar-refractivity contribution in [3.63, 3.8) is 0 Å². The summed E-state index contributed by atoms with van der Waals surface area (Å²) < 4.78 is 4.83. The second-order valence-electron chi connectivity index (χ2n) is 4.45. The molecule has 0 saturated carbocycles. The molecule has 0 aliphatic carbocycles. The summed E-state index contributed by atoms with van der Waals surface area (Å²) >= 11 is 0. The standard InChI is InChI=1S/C8H18.C4H10O/c1-5-6-7-8(2,3)4;1-3-5-4-2/h5-7H2,1-4H3;3-4H2,1-2H3. The number of hydrogen-bond donors (Lipinski definition) is 0. The van der Waals surface area contributed by atoms with E-state index < -0.39 is 0 Å². The highest BCUT2D eigenvalue weighted by molar-refractivity contribution is 4.59. The van der Waals surface area contributed by atoms with Crippen LogP contribution in [-0.4, -0.2) is 13.2 Å². The van der Waals surface area contributed by atoms with Crippen LogP contribution in [0.1, 0.15) is 60.8 Å². The Bertz CT molecular complexity index is 79.6. The number of hydrogen-bond acceptors (Lipinski definition) is 1. The van der Waals surface area contributed by atoms with Crippen LogP contribution in [0.3, 0.4) is 0 Å². The van der Waals surface area contributed by atoms with Gasteiger partial charge in [0.25, 0.3) is 0 Å². The van der Waals surface area contributed by atoms with E-state index in [0.29, 0.717) is 5.41 Å². The topological polar surface area (TPSA) is 9.23 Å². The van der Waals surface area contributed by atoms with Gasteiger partial charge in [0.2, 0.25) is 0 Å². The molecule has 0 saturated heterocycles. The summed E-state index contributed by atoms with van der Waals surface area (Å²) in [7, 11) is 0. The molecule has 0 radical (unpaired) electrons. The molecule has 0 N–H and O–H groups in total. The van der Waals surface area contributed by atoms with Crippen molar-refractivity contribution >= 4 is 0 Å². The van der Waals surface area contributed by atoms with Crippen molar-refractivity contribution < 1.29 is 4.74 Å². The van der Waals surface area contributed by atoms with Gasteiger partial charge in [-0.3, -0.25) is 0 Å². The van der Waals surface area contributed by atoms with Gasteiger partial charge < -0.3 is 4.74 Å². The first-order chi connectivity index (χ1) is 5.97. The summed E-state index contributed by atoms with van der Waals surface area (Å²) in [5.74, 6) is 0. The molecule has 1 nitrogen and oxygen atoms in total. The van der Waals surface area contributed by atoms with Crippen molar-refractivity contribution in [1.29, 1.82) is 0 Å². The molecule has 0 spiro atoms. The van der Waals surface area contributed by atoms with E-state index in [1.54, 1.807) is 0 Å². The summed E-state index contributed by atoms with van der Waals surface area (Å²) in [6.45, 7) is 14.8. The molecule has 0 bridgehead atoms. The lowest BCUT2D eigenvalue weighted by molar-refractivity contribution is 0.162. The van der Waals surface area contributed by atoms with E-state index in [4.69, 9.17) is 4.74 Å². The first-order valence-electron chi connectivity index (χ1n) is 5.55. The van der Waals surface area contributed by atoms with E-state index in [1.165, 1.54) is 19.3 Å². The highest BCUT2D eigenvalue weighted by Gasteiger charge is 2.07. The smallest absolute Gasteiger partial charge is 0.0437 e. The molecule has 0 rings (SSSR count). The Labute approximate surface area is 84.9 Å². The minimum atomic E-state index is 0.552. The lowest BCUT2D eigenvalue weighted by Crippen LogP contribution is -2.03. The molecule has 0 atom stereocenters. The minimum absolute atomic E-state index is 0.552. The van der Waals surface area contributed by atoms with Crippen LogP contribution in [0.25, 0.3) is 0 Å². The van der Waals surface area contributed by atoms with Crippen LogP contribution in [0.2, 0.25) is 0 Å². The first kappa shape index (κ1) is 15.4. The fourth-order valence-electron chi connectivity index (χ4n) is 0.911. The van der Waals surface area contributed by atoms with Crippen LogP contribution in [0.4, 0.5) is 0 Å². The maximum atomic E-state index is 4.83. The molecule has 1 heteroatoms. The second-order valence-corrected chi connectivity index (χ2v) is 4.45. The van der Waals surface area contributed by atoms with Crippen molar-refractivity contribution in [1.82, 2.24) is 0 Å². The molecule has 0 heterocycles. The highest BCUT2D eigenvalue weighted by atomic mass is 16.5. The molecule has 0 aromatic heterocycles. The van der Waals surface area contributed by atoms with Gasteiger partial charge in [0.05, 0.1) is 0 Å². The summed E-state index contributed by atoms with van der Waals surface area (Å²) in [4.78, 5) is 0.